The summed E-state index contributed by atoms with van der Waals surface area (Å²) in [5, 5.41) is 1.94. The summed E-state index contributed by atoms with van der Waals surface area (Å²) >= 11 is 13.5. The van der Waals surface area contributed by atoms with Gasteiger partial charge in [0.2, 0.25) is 0 Å². The number of carbonyl (C=O) groups is 1. The third-order valence-electron chi connectivity index (χ3n) is 3.09. The molecule has 106 valence electrons. The first-order valence-electron chi connectivity index (χ1n) is 6.42. The van der Waals surface area contributed by atoms with E-state index in [0.29, 0.717) is 22.9 Å². The first-order chi connectivity index (χ1) is 10.1. The number of para-hydroxylation sites is 1. The Labute approximate surface area is 136 Å². The van der Waals surface area contributed by atoms with E-state index in [1.54, 1.807) is 29.5 Å². The molecule has 0 aliphatic carbocycles. The Morgan fingerprint density at radius 3 is 2.67 bits per heavy atom. The second-order valence-corrected chi connectivity index (χ2v) is 6.66. The maximum Gasteiger partial charge on any atom is 0.144 e. The van der Waals surface area contributed by atoms with Crippen LogP contribution in [-0.4, -0.2) is 10.8 Å². The molecule has 0 fully saturated rings. The van der Waals surface area contributed by atoms with E-state index in [0.717, 1.165) is 20.8 Å². The molecule has 0 unspecified atom stereocenters. The number of benzene rings is 2. The van der Waals surface area contributed by atoms with E-state index < -0.39 is 0 Å². The van der Waals surface area contributed by atoms with Gasteiger partial charge < -0.3 is 0 Å². The number of thiazole rings is 1. The lowest BCUT2D eigenvalue weighted by Crippen LogP contribution is -2.06. The molecule has 0 saturated carbocycles. The smallest absolute Gasteiger partial charge is 0.144 e. The molecule has 3 aromatic rings. The molecule has 0 N–H and O–H groups in total. The van der Waals surface area contributed by atoms with Crippen molar-refractivity contribution in [3.05, 3.63) is 63.1 Å². The molecule has 2 nitrogen and oxygen atoms in total. The van der Waals surface area contributed by atoms with Crippen molar-refractivity contribution < 1.29 is 4.79 Å². The van der Waals surface area contributed by atoms with Crippen molar-refractivity contribution in [1.82, 2.24) is 4.98 Å². The van der Waals surface area contributed by atoms with Gasteiger partial charge in [-0.3, -0.25) is 4.79 Å². The predicted molar refractivity (Wildman–Crippen MR) is 88.5 cm³/mol. The minimum Gasteiger partial charge on any atom is -0.299 e. The van der Waals surface area contributed by atoms with Gasteiger partial charge in [-0.2, -0.15) is 0 Å². The lowest BCUT2D eigenvalue weighted by molar-refractivity contribution is -0.117. The van der Waals surface area contributed by atoms with Crippen LogP contribution in [0.25, 0.3) is 10.2 Å². The van der Waals surface area contributed by atoms with Gasteiger partial charge in [-0.05, 0) is 29.8 Å². The Balaban J connectivity index is 1.74. The highest BCUT2D eigenvalue weighted by Crippen LogP contribution is 2.24. The molecule has 0 spiro atoms. The Morgan fingerprint density at radius 2 is 1.90 bits per heavy atom. The van der Waals surface area contributed by atoms with Gasteiger partial charge >= 0.3 is 0 Å². The van der Waals surface area contributed by atoms with Crippen molar-refractivity contribution in [2.24, 2.45) is 0 Å². The number of nitrogens with zero attached hydrogens (tertiary/aromatic N) is 1. The van der Waals surface area contributed by atoms with E-state index >= 15 is 0 Å². The molecule has 1 aromatic heterocycles. The summed E-state index contributed by atoms with van der Waals surface area (Å²) in [7, 11) is 0. The topological polar surface area (TPSA) is 30.0 Å². The van der Waals surface area contributed by atoms with Crippen LogP contribution in [0.15, 0.2) is 42.5 Å². The number of fused-ring (bicyclic) bond motifs is 1. The van der Waals surface area contributed by atoms with Gasteiger partial charge in [0.1, 0.15) is 10.8 Å². The van der Waals surface area contributed by atoms with Crippen molar-refractivity contribution in [2.45, 2.75) is 12.8 Å². The molecule has 1 heterocycles. The standard InChI is InChI=1S/C16H11Cl2NOS/c17-11-6-5-10(13(18)8-11)7-12(20)9-16-19-14-3-1-2-4-15(14)21-16/h1-6,8H,7,9H2. The molecular formula is C16H11Cl2NOS. The highest BCUT2D eigenvalue weighted by Gasteiger charge is 2.11. The van der Waals surface area contributed by atoms with Crippen LogP contribution in [0.2, 0.25) is 10.0 Å². The highest BCUT2D eigenvalue weighted by molar-refractivity contribution is 7.18. The van der Waals surface area contributed by atoms with Gasteiger partial charge in [0.15, 0.2) is 0 Å². The average molecular weight is 336 g/mol. The minimum atomic E-state index is 0.0956. The molecular weight excluding hydrogens is 325 g/mol. The van der Waals surface area contributed by atoms with E-state index in [-0.39, 0.29) is 5.78 Å². The first kappa shape index (κ1) is 14.5. The van der Waals surface area contributed by atoms with Gasteiger partial charge in [0.25, 0.3) is 0 Å². The number of hydrogen-bond acceptors (Lipinski definition) is 3. The van der Waals surface area contributed by atoms with Crippen molar-refractivity contribution in [1.29, 1.82) is 0 Å². The number of aromatic nitrogens is 1. The fourth-order valence-corrected chi connectivity index (χ4v) is 3.58. The molecule has 0 radical (unpaired) electrons. The quantitative estimate of drug-likeness (QED) is 0.674. The second-order valence-electron chi connectivity index (χ2n) is 4.70. The molecule has 0 saturated heterocycles. The number of rotatable bonds is 4. The number of Topliss-reactive ketones (excluding diaryl/α,β-unsaturated/α-hetero) is 1. The third-order valence-corrected chi connectivity index (χ3v) is 4.71. The normalized spacial score (nSPS) is 11.0. The fourth-order valence-electron chi connectivity index (χ4n) is 2.10. The number of ketones is 1. The lowest BCUT2D eigenvalue weighted by Gasteiger charge is -2.03. The first-order valence-corrected chi connectivity index (χ1v) is 7.99. The maximum atomic E-state index is 12.2. The summed E-state index contributed by atoms with van der Waals surface area (Å²) in [5.41, 5.74) is 1.74. The summed E-state index contributed by atoms with van der Waals surface area (Å²) in [4.78, 5) is 16.6. The number of hydrogen-bond donors (Lipinski definition) is 0. The van der Waals surface area contributed by atoms with E-state index in [1.165, 1.54) is 0 Å². The van der Waals surface area contributed by atoms with Crippen LogP contribution >= 0.6 is 34.5 Å². The largest absolute Gasteiger partial charge is 0.299 e. The van der Waals surface area contributed by atoms with Crippen molar-refractivity contribution >= 4 is 50.5 Å². The van der Waals surface area contributed by atoms with Crippen LogP contribution in [0, 0.1) is 0 Å². The summed E-state index contributed by atoms with van der Waals surface area (Å²) in [5.74, 6) is 0.0956. The Hall–Kier alpha value is -1.42. The van der Waals surface area contributed by atoms with E-state index in [9.17, 15) is 4.79 Å². The van der Waals surface area contributed by atoms with Gasteiger partial charge in [-0.15, -0.1) is 11.3 Å². The molecule has 0 amide bonds. The Morgan fingerprint density at radius 1 is 1.10 bits per heavy atom. The SMILES string of the molecule is O=C(Cc1nc2ccccc2s1)Cc1ccc(Cl)cc1Cl. The molecule has 5 heteroatoms. The van der Waals surface area contributed by atoms with Crippen LogP contribution in [0.3, 0.4) is 0 Å². The zero-order valence-electron chi connectivity index (χ0n) is 11.0. The summed E-state index contributed by atoms with van der Waals surface area (Å²) in [6.45, 7) is 0. The second kappa shape index (κ2) is 6.14. The molecule has 0 aliphatic rings. The van der Waals surface area contributed by atoms with Crippen LogP contribution in [0.1, 0.15) is 10.6 Å². The monoisotopic (exact) mass is 335 g/mol. The predicted octanol–water partition coefficient (Wildman–Crippen LogP) is 4.96. The molecule has 3 rings (SSSR count). The van der Waals surface area contributed by atoms with Gasteiger partial charge in [0, 0.05) is 16.5 Å². The summed E-state index contributed by atoms with van der Waals surface area (Å²) in [6.07, 6.45) is 0.629. The molecule has 2 aromatic carbocycles. The number of carbonyl (C=O) groups excluding carboxylic acids is 1. The zero-order chi connectivity index (χ0) is 14.8. The van der Waals surface area contributed by atoms with Crippen molar-refractivity contribution in [2.75, 3.05) is 0 Å². The Kier molecular flexibility index (Phi) is 4.24. The summed E-state index contributed by atoms with van der Waals surface area (Å²) in [6, 6.07) is 13.1. The fraction of sp³-hybridized carbons (Fsp3) is 0.125. The van der Waals surface area contributed by atoms with E-state index in [1.807, 2.05) is 24.3 Å². The molecule has 21 heavy (non-hydrogen) atoms. The van der Waals surface area contributed by atoms with Crippen LogP contribution in [0.5, 0.6) is 0 Å². The molecule has 0 atom stereocenters. The summed E-state index contributed by atoms with van der Waals surface area (Å²) < 4.78 is 1.10. The molecule has 0 aliphatic heterocycles. The van der Waals surface area contributed by atoms with Crippen molar-refractivity contribution in [3.63, 3.8) is 0 Å². The highest BCUT2D eigenvalue weighted by atomic mass is 35.5. The van der Waals surface area contributed by atoms with Gasteiger partial charge in [-0.25, -0.2) is 4.98 Å². The van der Waals surface area contributed by atoms with Crippen molar-refractivity contribution in [3.8, 4) is 0 Å². The zero-order valence-corrected chi connectivity index (χ0v) is 13.3. The maximum absolute atomic E-state index is 12.2. The van der Waals surface area contributed by atoms with E-state index in [4.69, 9.17) is 23.2 Å². The molecule has 0 bridgehead atoms. The van der Waals surface area contributed by atoms with E-state index in [2.05, 4.69) is 4.98 Å². The number of halogens is 2. The van der Waals surface area contributed by atoms with Crippen LogP contribution < -0.4 is 0 Å². The minimum absolute atomic E-state index is 0.0956. The van der Waals surface area contributed by atoms with Crippen LogP contribution in [-0.2, 0) is 17.6 Å². The average Bonchev–Trinajstić information content (AvgIpc) is 2.84. The van der Waals surface area contributed by atoms with Gasteiger partial charge in [0.05, 0.1) is 16.6 Å². The third kappa shape index (κ3) is 3.43. The Bertz CT molecular complexity index is 780. The van der Waals surface area contributed by atoms with Gasteiger partial charge in [-0.1, -0.05) is 41.4 Å². The lowest BCUT2D eigenvalue weighted by atomic mass is 10.1. The van der Waals surface area contributed by atoms with Crippen LogP contribution in [0.4, 0.5) is 0 Å².